The van der Waals surface area contributed by atoms with Gasteiger partial charge in [0, 0.05) is 95.6 Å². The summed E-state index contributed by atoms with van der Waals surface area (Å²) in [5, 5.41) is 29.5. The molecular weight excluding hydrogens is 1140 g/mol. The molecule has 0 atom stereocenters. The maximum absolute atomic E-state index is 14.4. The van der Waals surface area contributed by atoms with E-state index in [0.29, 0.717) is 34.8 Å². The Kier molecular flexibility index (Phi) is 24.2. The molecule has 0 bridgehead atoms. The number of nitrogens with zero attached hydrogens (tertiary/aromatic N) is 4. The van der Waals surface area contributed by atoms with Crippen molar-refractivity contribution < 1.29 is 48.3 Å². The van der Waals surface area contributed by atoms with Gasteiger partial charge in [0.25, 0.3) is 0 Å². The predicted molar refractivity (Wildman–Crippen MR) is 343 cm³/mol. The standard InChI is InChI=1S/2C26H22NO2P.C12H8N2.2C4H8O.Zn/c2*28-26-18-10-8-11-21(26)19-27-25-17-9-7-12-22(25)20-30(29,23-13-3-1-4-14-23)24-15-5-2-6-16-24;1-3-9-5-6-10-4-2-8-14-12(10)11(9)13-7-1;2*1-2-4-5-3-1;/h2*1-19,28H,20H2;1-8H;2*1-4H2;/q;;;;;+2/p-2. The molecule has 0 amide bonds. The Balaban J connectivity index is 0.000000158. The van der Waals surface area contributed by atoms with E-state index in [4.69, 9.17) is 9.47 Å². The molecule has 422 valence electrons. The van der Waals surface area contributed by atoms with Crippen LogP contribution in [0.15, 0.2) is 277 Å². The van der Waals surface area contributed by atoms with E-state index in [1.54, 1.807) is 49.1 Å². The van der Waals surface area contributed by atoms with Gasteiger partial charge in [-0.15, -0.1) is 11.5 Å². The summed E-state index contributed by atoms with van der Waals surface area (Å²) in [6, 6.07) is 79.5. The van der Waals surface area contributed by atoms with Crippen molar-refractivity contribution in [2.24, 2.45) is 9.98 Å². The topological polar surface area (TPSA) is 149 Å². The minimum absolute atomic E-state index is 0. The SMILES string of the molecule is C1CCOC1.C1CCOC1.O=P(Cc1ccccc1N=Cc1ccccc1[O-])(c1ccccc1)c1ccccc1.O=P(Cc1ccccc1N=Cc1ccccc1[O-])(c1ccccc1)c1ccccc1.[Zn+2].c1cnc2c(c1)ccc1cccnc12. The molecule has 0 radical (unpaired) electrons. The maximum atomic E-state index is 14.4. The van der Waals surface area contributed by atoms with Gasteiger partial charge in [-0.25, -0.2) is 0 Å². The Hall–Kier alpha value is -8.26. The van der Waals surface area contributed by atoms with Gasteiger partial charge in [-0.1, -0.05) is 231 Å². The first-order valence-electron chi connectivity index (χ1n) is 28.2. The molecule has 0 spiro atoms. The minimum atomic E-state index is -2.91. The zero-order valence-electron chi connectivity index (χ0n) is 47.5. The first-order valence-corrected chi connectivity index (χ1v) is 32.0. The van der Waals surface area contributed by atoms with E-state index in [0.717, 1.165) is 80.6 Å². The zero-order valence-corrected chi connectivity index (χ0v) is 52.2. The largest absolute Gasteiger partial charge is 2.00 e. The van der Waals surface area contributed by atoms with Crippen LogP contribution in [0.5, 0.6) is 11.5 Å². The fourth-order valence-corrected chi connectivity index (χ4v) is 14.9. The summed E-state index contributed by atoms with van der Waals surface area (Å²) >= 11 is 0. The summed E-state index contributed by atoms with van der Waals surface area (Å²) in [7, 11) is -5.83. The summed E-state index contributed by atoms with van der Waals surface area (Å²) < 4.78 is 38.6. The third kappa shape index (κ3) is 17.7. The molecule has 2 fully saturated rings. The second-order valence-electron chi connectivity index (χ2n) is 19.8. The Morgan fingerprint density at radius 3 is 1.00 bits per heavy atom. The normalized spacial score (nSPS) is 12.8. The van der Waals surface area contributed by atoms with Gasteiger partial charge in [-0.05, 0) is 72.2 Å². The fraction of sp³-hybridized carbons (Fsp3) is 0.139. The fourth-order valence-electron chi connectivity index (χ4n) is 9.51. The van der Waals surface area contributed by atoms with Crippen molar-refractivity contribution in [3.8, 4) is 11.5 Å². The van der Waals surface area contributed by atoms with Crippen LogP contribution in [0.1, 0.15) is 47.9 Å². The van der Waals surface area contributed by atoms with Crippen LogP contribution in [-0.2, 0) is 50.4 Å². The summed E-state index contributed by atoms with van der Waals surface area (Å²) in [6.07, 6.45) is 12.6. The molecule has 0 aliphatic carbocycles. The van der Waals surface area contributed by atoms with Gasteiger partial charge in [0.1, 0.15) is 14.3 Å². The predicted octanol–water partition coefficient (Wildman–Crippen LogP) is 14.4. The second kappa shape index (κ2) is 32.7. The average molecular weight is 1210 g/mol. The van der Waals surface area contributed by atoms with Gasteiger partial charge in [-0.3, -0.25) is 20.0 Å². The van der Waals surface area contributed by atoms with E-state index in [1.807, 2.05) is 194 Å². The van der Waals surface area contributed by atoms with Gasteiger partial charge in [0.15, 0.2) is 0 Å². The number of rotatable bonds is 12. The number of hydrogen-bond donors (Lipinski definition) is 0. The van der Waals surface area contributed by atoms with Crippen molar-refractivity contribution in [2.75, 3.05) is 26.4 Å². The molecule has 0 unspecified atom stereocenters. The van der Waals surface area contributed by atoms with Crippen LogP contribution in [0, 0.1) is 0 Å². The first-order chi connectivity index (χ1) is 41.3. The average Bonchev–Trinajstić information content (AvgIpc) is 3.36. The molecule has 85 heavy (non-hydrogen) atoms. The Bertz CT molecular complexity index is 3620. The summed E-state index contributed by atoms with van der Waals surface area (Å²) in [5.74, 6) is -0.143. The third-order valence-corrected chi connectivity index (χ3v) is 20.1. The smallest absolute Gasteiger partial charge is 0.872 e. The molecular formula is C72H66N4O6P2Zn. The number of benzene rings is 9. The van der Waals surface area contributed by atoms with Gasteiger partial charge in [0.2, 0.25) is 0 Å². The van der Waals surface area contributed by atoms with Crippen LogP contribution in [0.2, 0.25) is 0 Å². The number of fused-ring (bicyclic) bond motifs is 3. The van der Waals surface area contributed by atoms with Crippen molar-refractivity contribution in [3.05, 3.63) is 289 Å². The monoisotopic (exact) mass is 1210 g/mol. The Morgan fingerprint density at radius 1 is 0.376 bits per heavy atom. The molecule has 4 heterocycles. The zero-order chi connectivity index (χ0) is 58.1. The van der Waals surface area contributed by atoms with E-state index in [1.165, 1.54) is 37.8 Å². The number of aliphatic imine (C=N–C) groups is 2. The molecule has 0 N–H and O–H groups in total. The molecule has 2 aliphatic heterocycles. The minimum Gasteiger partial charge on any atom is -0.872 e. The van der Waals surface area contributed by atoms with Crippen LogP contribution < -0.4 is 31.4 Å². The quantitative estimate of drug-likeness (QED) is 0.0508. The summed E-state index contributed by atoms with van der Waals surface area (Å²) in [6.45, 7) is 4.00. The van der Waals surface area contributed by atoms with Crippen LogP contribution in [0.25, 0.3) is 21.8 Å². The van der Waals surface area contributed by atoms with Gasteiger partial charge in [-0.2, -0.15) is 0 Å². The van der Waals surface area contributed by atoms with E-state index in [-0.39, 0.29) is 31.0 Å². The van der Waals surface area contributed by atoms with E-state index in [2.05, 4.69) is 44.2 Å². The van der Waals surface area contributed by atoms with Gasteiger partial charge < -0.3 is 28.8 Å². The summed E-state index contributed by atoms with van der Waals surface area (Å²) in [5.41, 5.74) is 6.21. The number of aromatic nitrogens is 2. The number of hydrogen-bond acceptors (Lipinski definition) is 10. The Morgan fingerprint density at radius 2 is 0.682 bits per heavy atom. The van der Waals surface area contributed by atoms with E-state index < -0.39 is 14.3 Å². The van der Waals surface area contributed by atoms with Crippen molar-refractivity contribution in [2.45, 2.75) is 38.0 Å². The number of para-hydroxylation sites is 4. The van der Waals surface area contributed by atoms with Crippen LogP contribution in [0.4, 0.5) is 11.4 Å². The third-order valence-electron chi connectivity index (χ3n) is 14.0. The van der Waals surface area contributed by atoms with Crippen molar-refractivity contribution in [3.63, 3.8) is 0 Å². The molecule has 13 heteroatoms. The van der Waals surface area contributed by atoms with Crippen LogP contribution in [0.3, 0.4) is 0 Å². The van der Waals surface area contributed by atoms with Gasteiger partial charge >= 0.3 is 19.5 Å². The van der Waals surface area contributed by atoms with Crippen molar-refractivity contribution in [1.29, 1.82) is 0 Å². The molecule has 0 saturated carbocycles. The number of ether oxygens (including phenoxy) is 2. The molecule has 2 aliphatic rings. The first kappa shape index (κ1) is 62.8. The van der Waals surface area contributed by atoms with Crippen LogP contribution >= 0.6 is 14.3 Å². The van der Waals surface area contributed by atoms with Gasteiger partial charge in [0.05, 0.1) is 22.4 Å². The van der Waals surface area contributed by atoms with E-state index in [9.17, 15) is 19.3 Å². The molecule has 13 rings (SSSR count). The molecule has 10 nitrogen and oxygen atoms in total. The van der Waals surface area contributed by atoms with E-state index >= 15 is 0 Å². The molecule has 2 aromatic heterocycles. The number of pyridine rings is 2. The molecule has 2 saturated heterocycles. The Labute approximate surface area is 511 Å². The second-order valence-corrected chi connectivity index (χ2v) is 25.5. The summed E-state index contributed by atoms with van der Waals surface area (Å²) in [4.78, 5) is 17.8. The van der Waals surface area contributed by atoms with Crippen molar-refractivity contribution >= 4 is 81.1 Å². The van der Waals surface area contributed by atoms with Crippen LogP contribution in [-0.4, -0.2) is 48.8 Å². The molecule has 9 aromatic carbocycles. The van der Waals surface area contributed by atoms with Crippen molar-refractivity contribution in [1.82, 2.24) is 9.97 Å². The molecule has 11 aromatic rings. The maximum Gasteiger partial charge on any atom is 2.00 e.